The van der Waals surface area contributed by atoms with Crippen molar-refractivity contribution in [2.75, 3.05) is 14.2 Å². The van der Waals surface area contributed by atoms with Crippen molar-refractivity contribution in [3.63, 3.8) is 0 Å². The van der Waals surface area contributed by atoms with Crippen molar-refractivity contribution in [2.24, 2.45) is 0 Å². The molecule has 4 aromatic rings. The fraction of sp³-hybridized carbons (Fsp3) is 0.0870. The van der Waals surface area contributed by atoms with Crippen LogP contribution in [0.2, 0.25) is 0 Å². The number of ketones is 1. The van der Waals surface area contributed by atoms with E-state index in [1.54, 1.807) is 38.5 Å². The molecule has 0 saturated carbocycles. The maximum absolute atomic E-state index is 13.6. The van der Waals surface area contributed by atoms with Gasteiger partial charge in [-0.05, 0) is 60.7 Å². The monoisotopic (exact) mass is 372 g/mol. The number of carbonyl (C=O) groups is 1. The van der Waals surface area contributed by atoms with E-state index < -0.39 is 0 Å². The molecule has 2 N–H and O–H groups in total. The lowest BCUT2D eigenvalue weighted by molar-refractivity contribution is 0.104. The molecule has 2 aromatic carbocycles. The van der Waals surface area contributed by atoms with Gasteiger partial charge in [-0.2, -0.15) is 0 Å². The lowest BCUT2D eigenvalue weighted by atomic mass is 9.92. The Morgan fingerprint density at radius 2 is 1.18 bits per heavy atom. The van der Waals surface area contributed by atoms with Crippen LogP contribution >= 0.6 is 0 Å². The molecule has 0 atom stereocenters. The summed E-state index contributed by atoms with van der Waals surface area (Å²) < 4.78 is 10.7. The first-order chi connectivity index (χ1) is 13.7. The third-order valence-electron chi connectivity index (χ3n) is 4.72. The standard InChI is InChI=1S/C23H20N2O3/c1-27-15-7-9-17(19(13-15)21-5-3-11-24-21)23(26)18-10-8-16(28-2)14-20(18)22-6-4-12-25-22/h3-14,24-25H,1-2H3. The van der Waals surface area contributed by atoms with Gasteiger partial charge >= 0.3 is 0 Å². The molecule has 0 fully saturated rings. The summed E-state index contributed by atoms with van der Waals surface area (Å²) in [7, 11) is 3.23. The topological polar surface area (TPSA) is 67.1 Å². The molecule has 5 nitrogen and oxygen atoms in total. The van der Waals surface area contributed by atoms with E-state index >= 15 is 0 Å². The van der Waals surface area contributed by atoms with Crippen LogP contribution in [0.3, 0.4) is 0 Å². The minimum atomic E-state index is -0.0699. The minimum Gasteiger partial charge on any atom is -0.497 e. The number of carbonyl (C=O) groups excluding carboxylic acids is 1. The highest BCUT2D eigenvalue weighted by Crippen LogP contribution is 2.33. The molecule has 140 valence electrons. The van der Waals surface area contributed by atoms with Crippen LogP contribution in [0.25, 0.3) is 22.5 Å². The van der Waals surface area contributed by atoms with Crippen LogP contribution in [0.4, 0.5) is 0 Å². The summed E-state index contributed by atoms with van der Waals surface area (Å²) in [6.07, 6.45) is 3.67. The predicted molar refractivity (Wildman–Crippen MR) is 109 cm³/mol. The van der Waals surface area contributed by atoms with Gasteiger partial charge < -0.3 is 19.4 Å². The first kappa shape index (κ1) is 17.7. The van der Waals surface area contributed by atoms with Crippen LogP contribution in [0.5, 0.6) is 11.5 Å². The van der Waals surface area contributed by atoms with Crippen molar-refractivity contribution in [3.05, 3.63) is 84.2 Å². The highest BCUT2D eigenvalue weighted by atomic mass is 16.5. The second-order valence-electron chi connectivity index (χ2n) is 6.32. The summed E-state index contributed by atoms with van der Waals surface area (Å²) in [6, 6.07) is 18.6. The maximum atomic E-state index is 13.6. The number of H-pyrrole nitrogens is 2. The van der Waals surface area contributed by atoms with E-state index in [2.05, 4.69) is 9.97 Å². The molecule has 0 bridgehead atoms. The molecule has 0 radical (unpaired) electrons. The van der Waals surface area contributed by atoms with Crippen molar-refractivity contribution in [2.45, 2.75) is 0 Å². The maximum Gasteiger partial charge on any atom is 0.194 e. The number of rotatable bonds is 6. The van der Waals surface area contributed by atoms with Crippen LogP contribution in [0, 0.1) is 0 Å². The van der Waals surface area contributed by atoms with E-state index in [-0.39, 0.29) is 5.78 Å². The van der Waals surface area contributed by atoms with Gasteiger partial charge in [0.05, 0.1) is 14.2 Å². The molecule has 0 amide bonds. The molecule has 4 rings (SSSR count). The summed E-state index contributed by atoms with van der Waals surface area (Å²) in [5.41, 5.74) is 4.50. The average Bonchev–Trinajstić information content (AvgIpc) is 3.46. The zero-order valence-electron chi connectivity index (χ0n) is 15.7. The zero-order valence-corrected chi connectivity index (χ0v) is 15.7. The second-order valence-corrected chi connectivity index (χ2v) is 6.32. The van der Waals surface area contributed by atoms with Crippen molar-refractivity contribution in [1.82, 2.24) is 9.97 Å². The number of benzene rings is 2. The quantitative estimate of drug-likeness (QED) is 0.472. The molecule has 28 heavy (non-hydrogen) atoms. The number of aromatic amines is 2. The molecule has 0 spiro atoms. The second kappa shape index (κ2) is 7.48. The first-order valence-corrected chi connectivity index (χ1v) is 8.89. The normalized spacial score (nSPS) is 10.6. The summed E-state index contributed by atoms with van der Waals surface area (Å²) in [4.78, 5) is 19.9. The van der Waals surface area contributed by atoms with Crippen LogP contribution in [0.15, 0.2) is 73.1 Å². The van der Waals surface area contributed by atoms with E-state index in [4.69, 9.17) is 9.47 Å². The molecule has 0 aliphatic rings. The highest BCUT2D eigenvalue weighted by molar-refractivity contribution is 6.16. The van der Waals surface area contributed by atoms with E-state index in [1.165, 1.54) is 0 Å². The molecule has 0 saturated heterocycles. The molecule has 0 unspecified atom stereocenters. The van der Waals surface area contributed by atoms with E-state index in [1.807, 2.05) is 48.8 Å². The van der Waals surface area contributed by atoms with Gasteiger partial charge in [-0.15, -0.1) is 0 Å². The van der Waals surface area contributed by atoms with Gasteiger partial charge in [0.15, 0.2) is 5.78 Å². The summed E-state index contributed by atoms with van der Waals surface area (Å²) >= 11 is 0. The van der Waals surface area contributed by atoms with Crippen molar-refractivity contribution in [3.8, 4) is 34.0 Å². The van der Waals surface area contributed by atoms with Gasteiger partial charge in [0.2, 0.25) is 0 Å². The Kier molecular flexibility index (Phi) is 4.72. The summed E-state index contributed by atoms with van der Waals surface area (Å²) in [5, 5.41) is 0. The Bertz CT molecular complexity index is 1010. The fourth-order valence-electron chi connectivity index (χ4n) is 3.28. The molecule has 0 aliphatic carbocycles. The Morgan fingerprint density at radius 1 is 0.714 bits per heavy atom. The number of nitrogens with one attached hydrogen (secondary N) is 2. The Labute approximate surface area is 163 Å². The number of ether oxygens (including phenoxy) is 2. The molecule has 2 aromatic heterocycles. The molecular formula is C23H20N2O3. The predicted octanol–water partition coefficient (Wildman–Crippen LogP) is 4.93. The Balaban J connectivity index is 1.87. The molecule has 0 aliphatic heterocycles. The summed E-state index contributed by atoms with van der Waals surface area (Å²) in [5.74, 6) is 1.32. The Hall–Kier alpha value is -3.73. The van der Waals surface area contributed by atoms with Gasteiger partial charge in [-0.25, -0.2) is 0 Å². The smallest absolute Gasteiger partial charge is 0.194 e. The molecule has 2 heterocycles. The van der Waals surface area contributed by atoms with Gasteiger partial charge in [-0.3, -0.25) is 4.79 Å². The van der Waals surface area contributed by atoms with Crippen LogP contribution in [-0.4, -0.2) is 30.0 Å². The van der Waals surface area contributed by atoms with Crippen molar-refractivity contribution < 1.29 is 14.3 Å². The van der Waals surface area contributed by atoms with E-state index in [0.717, 1.165) is 22.5 Å². The largest absolute Gasteiger partial charge is 0.497 e. The van der Waals surface area contributed by atoms with Gasteiger partial charge in [0, 0.05) is 46.0 Å². The Morgan fingerprint density at radius 3 is 1.54 bits per heavy atom. The lowest BCUT2D eigenvalue weighted by Crippen LogP contribution is -2.06. The highest BCUT2D eigenvalue weighted by Gasteiger charge is 2.20. The molecular weight excluding hydrogens is 352 g/mol. The van der Waals surface area contributed by atoms with Crippen molar-refractivity contribution >= 4 is 5.78 Å². The first-order valence-electron chi connectivity index (χ1n) is 8.89. The minimum absolute atomic E-state index is 0.0699. The van der Waals surface area contributed by atoms with Crippen LogP contribution in [0.1, 0.15) is 15.9 Å². The number of methoxy groups -OCH3 is 2. The van der Waals surface area contributed by atoms with Gasteiger partial charge in [-0.1, -0.05) is 0 Å². The van der Waals surface area contributed by atoms with Gasteiger partial charge in [0.25, 0.3) is 0 Å². The summed E-state index contributed by atoms with van der Waals surface area (Å²) in [6.45, 7) is 0. The van der Waals surface area contributed by atoms with E-state index in [9.17, 15) is 4.79 Å². The SMILES string of the molecule is COc1ccc(C(=O)c2ccc(OC)cc2-c2ccc[nH]2)c(-c2ccc[nH]2)c1. The van der Waals surface area contributed by atoms with E-state index in [0.29, 0.717) is 22.6 Å². The zero-order chi connectivity index (χ0) is 19.5. The third kappa shape index (κ3) is 3.18. The van der Waals surface area contributed by atoms with Crippen LogP contribution in [-0.2, 0) is 0 Å². The van der Waals surface area contributed by atoms with Gasteiger partial charge in [0.1, 0.15) is 11.5 Å². The lowest BCUT2D eigenvalue weighted by Gasteiger charge is -2.13. The number of hydrogen-bond acceptors (Lipinski definition) is 3. The fourth-order valence-corrected chi connectivity index (χ4v) is 3.28. The number of aromatic nitrogens is 2. The molecule has 5 heteroatoms. The average molecular weight is 372 g/mol. The van der Waals surface area contributed by atoms with Crippen molar-refractivity contribution in [1.29, 1.82) is 0 Å². The third-order valence-corrected chi connectivity index (χ3v) is 4.72. The number of hydrogen-bond donors (Lipinski definition) is 2. The van der Waals surface area contributed by atoms with Crippen LogP contribution < -0.4 is 9.47 Å².